The Morgan fingerprint density at radius 1 is 1.16 bits per heavy atom. The summed E-state index contributed by atoms with van der Waals surface area (Å²) in [6.45, 7) is 7.52. The minimum absolute atomic E-state index is 0.0476. The third-order valence-corrected chi connectivity index (χ3v) is 6.38. The van der Waals surface area contributed by atoms with E-state index in [-0.39, 0.29) is 30.3 Å². The van der Waals surface area contributed by atoms with Crippen molar-refractivity contribution in [2.45, 2.75) is 71.1 Å². The van der Waals surface area contributed by atoms with Crippen LogP contribution in [0.4, 0.5) is 4.79 Å². The van der Waals surface area contributed by atoms with Crippen LogP contribution in [0.5, 0.6) is 0 Å². The van der Waals surface area contributed by atoms with Crippen molar-refractivity contribution in [3.05, 3.63) is 0 Å². The summed E-state index contributed by atoms with van der Waals surface area (Å²) in [7, 11) is 0. The van der Waals surface area contributed by atoms with E-state index in [1.54, 1.807) is 28.4 Å². The second kappa shape index (κ2) is 13.9. The van der Waals surface area contributed by atoms with Gasteiger partial charge in [-0.25, -0.2) is 4.79 Å². The summed E-state index contributed by atoms with van der Waals surface area (Å²) in [6.07, 6.45) is 4.68. The molecule has 0 aliphatic carbocycles. The maximum atomic E-state index is 13.0. The second-order valence-corrected chi connectivity index (χ2v) is 10.2. The summed E-state index contributed by atoms with van der Waals surface area (Å²) in [5.41, 5.74) is 0. The third kappa shape index (κ3) is 8.92. The number of nitrogens with one attached hydrogen (secondary N) is 2. The normalized spacial score (nSPS) is 20.5. The van der Waals surface area contributed by atoms with Crippen LogP contribution in [0, 0.1) is 5.92 Å². The van der Waals surface area contributed by atoms with Crippen LogP contribution >= 0.6 is 23.5 Å². The van der Waals surface area contributed by atoms with Crippen molar-refractivity contribution in [1.29, 1.82) is 0 Å². The molecule has 1 aliphatic rings. The highest BCUT2D eigenvalue weighted by atomic mass is 32.2. The van der Waals surface area contributed by atoms with E-state index >= 15 is 0 Å². The summed E-state index contributed by atoms with van der Waals surface area (Å²) in [6, 6.07) is -2.12. The zero-order valence-electron chi connectivity index (χ0n) is 19.4. The van der Waals surface area contributed by atoms with Gasteiger partial charge in [0.05, 0.1) is 12.6 Å². The molecule has 0 aromatic carbocycles. The monoisotopic (exact) mass is 475 g/mol. The lowest BCUT2D eigenvalue weighted by Gasteiger charge is -2.30. The molecule has 1 heterocycles. The third-order valence-electron chi connectivity index (χ3n) is 5.09. The van der Waals surface area contributed by atoms with E-state index in [9.17, 15) is 19.2 Å². The predicted octanol–water partition coefficient (Wildman–Crippen LogP) is 2.31. The number of rotatable bonds is 13. The van der Waals surface area contributed by atoms with Crippen molar-refractivity contribution in [2.24, 2.45) is 5.92 Å². The van der Waals surface area contributed by atoms with Gasteiger partial charge >= 0.3 is 6.09 Å². The van der Waals surface area contributed by atoms with Crippen LogP contribution in [-0.2, 0) is 19.1 Å². The van der Waals surface area contributed by atoms with Crippen molar-refractivity contribution in [3.8, 4) is 0 Å². The number of ether oxygens (including phenoxy) is 1. The number of hydrogen-bond donors (Lipinski definition) is 2. The zero-order chi connectivity index (χ0) is 23.6. The second-order valence-electron chi connectivity index (χ2n) is 8.27. The van der Waals surface area contributed by atoms with Gasteiger partial charge in [-0.15, -0.1) is 0 Å². The molecule has 0 aromatic heterocycles. The molecule has 4 atom stereocenters. The van der Waals surface area contributed by atoms with Crippen molar-refractivity contribution in [2.75, 3.05) is 30.6 Å². The molecule has 0 aromatic rings. The lowest BCUT2D eigenvalue weighted by Crippen LogP contribution is -2.53. The van der Waals surface area contributed by atoms with Gasteiger partial charge in [0, 0.05) is 6.04 Å². The molecule has 0 saturated carbocycles. The van der Waals surface area contributed by atoms with Crippen LogP contribution < -0.4 is 10.6 Å². The maximum Gasteiger partial charge on any atom is 0.407 e. The Morgan fingerprint density at radius 2 is 1.77 bits per heavy atom. The van der Waals surface area contributed by atoms with Crippen molar-refractivity contribution in [1.82, 2.24) is 15.5 Å². The van der Waals surface area contributed by atoms with Crippen molar-refractivity contribution < 1.29 is 23.9 Å². The van der Waals surface area contributed by atoms with Crippen molar-refractivity contribution >= 4 is 47.2 Å². The topological polar surface area (TPSA) is 105 Å². The fraction of sp³-hybridized carbons (Fsp3) is 0.810. The summed E-state index contributed by atoms with van der Waals surface area (Å²) < 4.78 is 5.13. The van der Waals surface area contributed by atoms with E-state index in [0.29, 0.717) is 25.0 Å². The molecule has 4 unspecified atom stereocenters. The Hall–Kier alpha value is -1.42. The number of amides is 3. The molecule has 1 fully saturated rings. The molecular formula is C21H37N3O5S2. The lowest BCUT2D eigenvalue weighted by atomic mass is 10.1. The first-order valence-electron chi connectivity index (χ1n) is 10.7. The summed E-state index contributed by atoms with van der Waals surface area (Å²) in [5, 5.41) is 5.41. The van der Waals surface area contributed by atoms with E-state index in [4.69, 9.17) is 4.74 Å². The molecule has 0 spiro atoms. The quantitative estimate of drug-likeness (QED) is 0.421. The van der Waals surface area contributed by atoms with Crippen LogP contribution in [0.25, 0.3) is 0 Å². The number of thioether (sulfide) groups is 2. The van der Waals surface area contributed by atoms with E-state index in [1.807, 2.05) is 33.3 Å². The summed E-state index contributed by atoms with van der Waals surface area (Å²) in [4.78, 5) is 51.8. The summed E-state index contributed by atoms with van der Waals surface area (Å²) in [5.74, 6) is 0.934. The molecule has 8 nitrogen and oxygen atoms in total. The maximum absolute atomic E-state index is 13.0. The molecule has 1 aliphatic heterocycles. The number of carbonyl (C=O) groups excluding carboxylic acids is 4. The lowest BCUT2D eigenvalue weighted by molar-refractivity contribution is -0.139. The van der Waals surface area contributed by atoms with Crippen LogP contribution in [-0.4, -0.2) is 83.4 Å². The molecule has 1 saturated heterocycles. The van der Waals surface area contributed by atoms with Crippen LogP contribution in [0.2, 0.25) is 0 Å². The SMILES string of the molecule is CSCCC(NC(=O)OCC(C)C)C(=O)NC1CC(C)N(C(CCSC)C(C)=O)C1=O. The first-order valence-corrected chi connectivity index (χ1v) is 13.4. The van der Waals surface area contributed by atoms with Gasteiger partial charge in [-0.05, 0) is 63.0 Å². The molecule has 31 heavy (non-hydrogen) atoms. The molecule has 1 rings (SSSR count). The van der Waals surface area contributed by atoms with Gasteiger partial charge in [-0.1, -0.05) is 13.8 Å². The Balaban J connectivity index is 2.82. The molecule has 3 amide bonds. The average molecular weight is 476 g/mol. The van der Waals surface area contributed by atoms with E-state index < -0.39 is 30.1 Å². The molecular weight excluding hydrogens is 438 g/mol. The number of alkyl carbamates (subject to hydrolysis) is 1. The number of likely N-dealkylation sites (tertiary alicyclic amines) is 1. The highest BCUT2D eigenvalue weighted by molar-refractivity contribution is 7.98. The van der Waals surface area contributed by atoms with Gasteiger partial charge in [0.15, 0.2) is 5.78 Å². The number of carbonyl (C=O) groups is 4. The van der Waals surface area contributed by atoms with E-state index in [0.717, 1.165) is 5.75 Å². The average Bonchev–Trinajstić information content (AvgIpc) is 2.97. The number of Topliss-reactive ketones (excluding diaryl/α,β-unsaturated/α-hetero) is 1. The van der Waals surface area contributed by atoms with Gasteiger partial charge in [-0.3, -0.25) is 14.4 Å². The Kier molecular flexibility index (Phi) is 12.4. The predicted molar refractivity (Wildman–Crippen MR) is 126 cm³/mol. The van der Waals surface area contributed by atoms with Gasteiger partial charge in [-0.2, -0.15) is 23.5 Å². The van der Waals surface area contributed by atoms with Crippen LogP contribution in [0.1, 0.15) is 47.0 Å². The minimum Gasteiger partial charge on any atom is -0.449 e. The molecule has 10 heteroatoms. The van der Waals surface area contributed by atoms with Crippen LogP contribution in [0.15, 0.2) is 0 Å². The first-order chi connectivity index (χ1) is 14.6. The van der Waals surface area contributed by atoms with Gasteiger partial charge in [0.1, 0.15) is 12.1 Å². The molecule has 0 bridgehead atoms. The van der Waals surface area contributed by atoms with E-state index in [1.165, 1.54) is 6.92 Å². The Labute approximate surface area is 194 Å². The van der Waals surface area contributed by atoms with E-state index in [2.05, 4.69) is 10.6 Å². The van der Waals surface area contributed by atoms with Gasteiger partial charge < -0.3 is 20.3 Å². The minimum atomic E-state index is -0.788. The standard InChI is InChI=1S/C21H37N3O5S2/c1-13(2)12-29-21(28)23-16(7-9-30-5)19(26)22-17-11-14(3)24(20(17)27)18(15(4)25)8-10-31-6/h13-14,16-18H,7-12H2,1-6H3,(H,22,26)(H,23,28). The largest absolute Gasteiger partial charge is 0.449 e. The number of ketones is 1. The highest BCUT2D eigenvalue weighted by Gasteiger charge is 2.43. The van der Waals surface area contributed by atoms with Gasteiger partial charge in [0.25, 0.3) is 0 Å². The fourth-order valence-electron chi connectivity index (χ4n) is 3.50. The molecule has 0 radical (unpaired) electrons. The first kappa shape index (κ1) is 27.6. The number of hydrogen-bond acceptors (Lipinski definition) is 7. The summed E-state index contributed by atoms with van der Waals surface area (Å²) >= 11 is 3.19. The van der Waals surface area contributed by atoms with Crippen LogP contribution in [0.3, 0.4) is 0 Å². The smallest absolute Gasteiger partial charge is 0.407 e. The molecule has 178 valence electrons. The Bertz CT molecular complexity index is 632. The zero-order valence-corrected chi connectivity index (χ0v) is 21.1. The van der Waals surface area contributed by atoms with Gasteiger partial charge in [0.2, 0.25) is 11.8 Å². The Morgan fingerprint density at radius 3 is 2.32 bits per heavy atom. The fourth-order valence-corrected chi connectivity index (χ4v) is 4.44. The highest BCUT2D eigenvalue weighted by Crippen LogP contribution is 2.25. The van der Waals surface area contributed by atoms with Crippen molar-refractivity contribution in [3.63, 3.8) is 0 Å². The molecule has 2 N–H and O–H groups in total. The number of nitrogens with zero attached hydrogens (tertiary/aromatic N) is 1.